The molecule has 0 fully saturated rings. The van der Waals surface area contributed by atoms with Crippen molar-refractivity contribution in [2.24, 2.45) is 0 Å². The maximum absolute atomic E-state index is 13.6. The fraction of sp³-hybridized carbons (Fsp3) is 0.250. The number of benzene rings is 2. The molecule has 0 aliphatic heterocycles. The minimum absolute atomic E-state index is 0.0370. The number of halogens is 1. The molecule has 1 atom stereocenters. The highest BCUT2D eigenvalue weighted by molar-refractivity contribution is 5.20. The average molecular weight is 243 g/mol. The van der Waals surface area contributed by atoms with Crippen molar-refractivity contribution in [3.05, 3.63) is 71.5 Å². The van der Waals surface area contributed by atoms with Crippen molar-refractivity contribution < 1.29 is 4.39 Å². The fourth-order valence-electron chi connectivity index (χ4n) is 2.01. The Morgan fingerprint density at radius 1 is 1.00 bits per heavy atom. The normalized spacial score (nSPS) is 12.3. The molecule has 0 heterocycles. The van der Waals surface area contributed by atoms with Crippen molar-refractivity contribution in [2.45, 2.75) is 19.4 Å². The molecule has 0 unspecified atom stereocenters. The van der Waals surface area contributed by atoms with Gasteiger partial charge in [-0.05, 0) is 31.5 Å². The van der Waals surface area contributed by atoms with Gasteiger partial charge in [-0.25, -0.2) is 4.39 Å². The van der Waals surface area contributed by atoms with Crippen LogP contribution in [-0.4, -0.2) is 6.54 Å². The molecule has 1 N–H and O–H groups in total. The molecule has 2 heteroatoms. The van der Waals surface area contributed by atoms with Crippen LogP contribution in [0.1, 0.15) is 24.1 Å². The average Bonchev–Trinajstić information content (AvgIpc) is 2.40. The van der Waals surface area contributed by atoms with Crippen molar-refractivity contribution in [3.8, 4) is 0 Å². The van der Waals surface area contributed by atoms with Gasteiger partial charge in [0.15, 0.2) is 0 Å². The second-order valence-electron chi connectivity index (χ2n) is 4.43. The second-order valence-corrected chi connectivity index (χ2v) is 4.43. The summed E-state index contributed by atoms with van der Waals surface area (Å²) in [5.74, 6) is -0.141. The molecule has 0 saturated heterocycles. The van der Waals surface area contributed by atoms with Crippen LogP contribution >= 0.6 is 0 Å². The molecule has 0 aliphatic rings. The van der Waals surface area contributed by atoms with Crippen molar-refractivity contribution in [2.75, 3.05) is 6.54 Å². The molecule has 94 valence electrons. The van der Waals surface area contributed by atoms with Crippen LogP contribution in [0, 0.1) is 5.82 Å². The lowest BCUT2D eigenvalue weighted by Gasteiger charge is -2.14. The summed E-state index contributed by atoms with van der Waals surface area (Å²) in [4.78, 5) is 0. The zero-order valence-electron chi connectivity index (χ0n) is 10.6. The molecule has 0 aliphatic carbocycles. The summed E-state index contributed by atoms with van der Waals surface area (Å²) in [6, 6.07) is 17.3. The van der Waals surface area contributed by atoms with Gasteiger partial charge in [-0.1, -0.05) is 48.5 Å². The van der Waals surface area contributed by atoms with E-state index in [1.807, 2.05) is 37.3 Å². The molecule has 0 aromatic heterocycles. The van der Waals surface area contributed by atoms with E-state index in [-0.39, 0.29) is 11.9 Å². The highest BCUT2D eigenvalue weighted by atomic mass is 19.1. The Balaban J connectivity index is 1.86. The Hall–Kier alpha value is -1.67. The minimum atomic E-state index is -0.141. The lowest BCUT2D eigenvalue weighted by Crippen LogP contribution is -2.22. The van der Waals surface area contributed by atoms with Crippen molar-refractivity contribution in [1.29, 1.82) is 0 Å². The highest BCUT2D eigenvalue weighted by Gasteiger charge is 2.08. The molecule has 18 heavy (non-hydrogen) atoms. The van der Waals surface area contributed by atoms with Gasteiger partial charge in [0.1, 0.15) is 5.82 Å². The summed E-state index contributed by atoms with van der Waals surface area (Å²) in [5, 5.41) is 3.35. The lowest BCUT2D eigenvalue weighted by atomic mass is 10.1. The maximum Gasteiger partial charge on any atom is 0.127 e. The summed E-state index contributed by atoms with van der Waals surface area (Å²) in [7, 11) is 0. The van der Waals surface area contributed by atoms with Crippen molar-refractivity contribution >= 4 is 0 Å². The lowest BCUT2D eigenvalue weighted by molar-refractivity contribution is 0.531. The van der Waals surface area contributed by atoms with E-state index in [0.29, 0.717) is 0 Å². The Morgan fingerprint density at radius 2 is 1.67 bits per heavy atom. The first-order valence-electron chi connectivity index (χ1n) is 6.29. The maximum atomic E-state index is 13.6. The van der Waals surface area contributed by atoms with Gasteiger partial charge in [0.2, 0.25) is 0 Å². The van der Waals surface area contributed by atoms with Gasteiger partial charge in [-0.2, -0.15) is 0 Å². The van der Waals surface area contributed by atoms with Gasteiger partial charge in [0.25, 0.3) is 0 Å². The molecule has 2 aromatic carbocycles. The molecule has 2 aromatic rings. The van der Waals surface area contributed by atoms with Crippen LogP contribution in [0.4, 0.5) is 4.39 Å². The van der Waals surface area contributed by atoms with E-state index in [9.17, 15) is 4.39 Å². The van der Waals surface area contributed by atoms with Gasteiger partial charge < -0.3 is 5.32 Å². The van der Waals surface area contributed by atoms with E-state index < -0.39 is 0 Å². The standard InChI is InChI=1S/C16H18FN/c1-13(15-9-5-6-10-16(15)17)18-12-11-14-7-3-2-4-8-14/h2-10,13,18H,11-12H2,1H3/t13-/m1/s1. The molecule has 1 nitrogen and oxygen atoms in total. The Morgan fingerprint density at radius 3 is 2.39 bits per heavy atom. The first kappa shape index (κ1) is 12.8. The quantitative estimate of drug-likeness (QED) is 0.844. The molecule has 2 rings (SSSR count). The number of hydrogen-bond acceptors (Lipinski definition) is 1. The predicted octanol–water partition coefficient (Wildman–Crippen LogP) is 3.72. The van der Waals surface area contributed by atoms with E-state index in [0.717, 1.165) is 18.5 Å². The molecular weight excluding hydrogens is 225 g/mol. The van der Waals surface area contributed by atoms with E-state index >= 15 is 0 Å². The first-order valence-corrected chi connectivity index (χ1v) is 6.29. The van der Waals surface area contributed by atoms with Crippen LogP contribution in [0.15, 0.2) is 54.6 Å². The second kappa shape index (κ2) is 6.31. The van der Waals surface area contributed by atoms with Gasteiger partial charge >= 0.3 is 0 Å². The van der Waals surface area contributed by atoms with Gasteiger partial charge in [-0.15, -0.1) is 0 Å². The minimum Gasteiger partial charge on any atom is -0.310 e. The van der Waals surface area contributed by atoms with Crippen molar-refractivity contribution in [3.63, 3.8) is 0 Å². The largest absolute Gasteiger partial charge is 0.310 e. The highest BCUT2D eigenvalue weighted by Crippen LogP contribution is 2.15. The Kier molecular flexibility index (Phi) is 4.48. The smallest absolute Gasteiger partial charge is 0.127 e. The van der Waals surface area contributed by atoms with Crippen LogP contribution in [-0.2, 0) is 6.42 Å². The summed E-state index contributed by atoms with van der Waals surface area (Å²) in [5.41, 5.74) is 2.02. The molecule has 0 radical (unpaired) electrons. The molecule has 0 saturated carbocycles. The third-order valence-electron chi connectivity index (χ3n) is 3.08. The van der Waals surface area contributed by atoms with Crippen LogP contribution in [0.25, 0.3) is 0 Å². The summed E-state index contributed by atoms with van der Waals surface area (Å²) >= 11 is 0. The van der Waals surface area contributed by atoms with E-state index in [2.05, 4.69) is 17.4 Å². The summed E-state index contributed by atoms with van der Waals surface area (Å²) in [6.45, 7) is 2.84. The molecule has 0 bridgehead atoms. The third kappa shape index (κ3) is 3.41. The number of hydrogen-bond donors (Lipinski definition) is 1. The Labute approximate surface area is 108 Å². The zero-order chi connectivity index (χ0) is 12.8. The predicted molar refractivity (Wildman–Crippen MR) is 73.0 cm³/mol. The first-order chi connectivity index (χ1) is 8.77. The van der Waals surface area contributed by atoms with Gasteiger partial charge in [-0.3, -0.25) is 0 Å². The van der Waals surface area contributed by atoms with Crippen molar-refractivity contribution in [1.82, 2.24) is 5.32 Å². The third-order valence-corrected chi connectivity index (χ3v) is 3.08. The molecular formula is C16H18FN. The number of nitrogens with one attached hydrogen (secondary N) is 1. The topological polar surface area (TPSA) is 12.0 Å². The Bertz CT molecular complexity index is 481. The van der Waals surface area contributed by atoms with E-state index in [1.54, 1.807) is 6.07 Å². The van der Waals surface area contributed by atoms with E-state index in [4.69, 9.17) is 0 Å². The van der Waals surface area contributed by atoms with Crippen LogP contribution in [0.5, 0.6) is 0 Å². The van der Waals surface area contributed by atoms with Gasteiger partial charge in [0.05, 0.1) is 0 Å². The SMILES string of the molecule is C[C@@H](NCCc1ccccc1)c1ccccc1F. The number of rotatable bonds is 5. The molecule has 0 amide bonds. The van der Waals surface area contributed by atoms with Gasteiger partial charge in [0, 0.05) is 11.6 Å². The zero-order valence-corrected chi connectivity index (χ0v) is 10.6. The van der Waals surface area contributed by atoms with E-state index in [1.165, 1.54) is 11.6 Å². The summed E-state index contributed by atoms with van der Waals surface area (Å²) < 4.78 is 13.6. The van der Waals surface area contributed by atoms with Crippen LogP contribution in [0.2, 0.25) is 0 Å². The van der Waals surface area contributed by atoms with Crippen LogP contribution < -0.4 is 5.32 Å². The molecule has 0 spiro atoms. The monoisotopic (exact) mass is 243 g/mol. The van der Waals surface area contributed by atoms with Crippen LogP contribution in [0.3, 0.4) is 0 Å². The summed E-state index contributed by atoms with van der Waals surface area (Å²) in [6.07, 6.45) is 0.958. The fourth-order valence-corrected chi connectivity index (χ4v) is 2.01.